The number of piperazine rings is 1. The van der Waals surface area contributed by atoms with E-state index in [0.29, 0.717) is 6.04 Å². The lowest BCUT2D eigenvalue weighted by atomic mass is 10.2. The molecule has 3 heteroatoms. The molecule has 0 aromatic rings. The predicted octanol–water partition coefficient (Wildman–Crippen LogP) is -0.0289. The topological polar surface area (TPSA) is 32.5 Å². The normalized spacial score (nSPS) is 24.2. The lowest BCUT2D eigenvalue weighted by Gasteiger charge is -2.32. The van der Waals surface area contributed by atoms with E-state index in [2.05, 4.69) is 23.8 Å². The van der Waals surface area contributed by atoms with Crippen molar-refractivity contribution in [2.45, 2.75) is 19.4 Å². The minimum Gasteiger partial charge on any atom is -0.328 e. The van der Waals surface area contributed by atoms with E-state index < -0.39 is 0 Å². The molecular weight excluding hydrogens is 150 g/mol. The lowest BCUT2D eigenvalue weighted by molar-refractivity contribution is 0.151. The molecule has 2 N–H and O–H groups in total. The quantitative estimate of drug-likeness (QED) is 0.647. The predicted molar refractivity (Wildman–Crippen MR) is 52.2 cm³/mol. The molecule has 0 radical (unpaired) electrons. The second kappa shape index (κ2) is 4.80. The van der Waals surface area contributed by atoms with E-state index in [-0.39, 0.29) is 0 Å². The minimum atomic E-state index is 0.352. The number of likely N-dealkylation sites (N-methyl/N-ethyl adjacent to an activating group) is 1. The molecule has 3 nitrogen and oxygen atoms in total. The molecule has 1 heterocycles. The summed E-state index contributed by atoms with van der Waals surface area (Å²) >= 11 is 0. The number of hydrogen-bond donors (Lipinski definition) is 1. The van der Waals surface area contributed by atoms with Crippen LogP contribution in [0.3, 0.4) is 0 Å². The van der Waals surface area contributed by atoms with Crippen molar-refractivity contribution in [1.29, 1.82) is 0 Å². The Kier molecular flexibility index (Phi) is 3.98. The van der Waals surface area contributed by atoms with Gasteiger partial charge in [-0.3, -0.25) is 0 Å². The van der Waals surface area contributed by atoms with Gasteiger partial charge in [0.2, 0.25) is 0 Å². The van der Waals surface area contributed by atoms with Crippen molar-refractivity contribution in [3.8, 4) is 0 Å². The van der Waals surface area contributed by atoms with Crippen molar-refractivity contribution in [2.75, 3.05) is 39.8 Å². The Hall–Kier alpha value is -0.120. The van der Waals surface area contributed by atoms with E-state index in [1.165, 1.54) is 32.7 Å². The number of nitrogens with two attached hydrogens (primary N) is 1. The fourth-order valence-electron chi connectivity index (χ4n) is 1.46. The summed E-state index contributed by atoms with van der Waals surface area (Å²) in [6.45, 7) is 8.09. The molecular formula is C9H21N3. The van der Waals surface area contributed by atoms with Gasteiger partial charge in [0.1, 0.15) is 0 Å². The van der Waals surface area contributed by atoms with Crippen LogP contribution in [0.25, 0.3) is 0 Å². The van der Waals surface area contributed by atoms with Gasteiger partial charge in [0.15, 0.2) is 0 Å². The molecule has 1 aliphatic heterocycles. The summed E-state index contributed by atoms with van der Waals surface area (Å²) in [5.41, 5.74) is 5.70. The highest BCUT2D eigenvalue weighted by atomic mass is 15.2. The first-order valence-electron chi connectivity index (χ1n) is 4.85. The zero-order valence-electron chi connectivity index (χ0n) is 8.29. The lowest BCUT2D eigenvalue weighted by Crippen LogP contribution is -2.45. The average Bonchev–Trinajstić information content (AvgIpc) is 2.03. The Morgan fingerprint density at radius 3 is 2.33 bits per heavy atom. The third-order valence-electron chi connectivity index (χ3n) is 2.50. The van der Waals surface area contributed by atoms with Gasteiger partial charge >= 0.3 is 0 Å². The molecule has 1 rings (SSSR count). The molecule has 0 aromatic carbocycles. The fraction of sp³-hybridized carbons (Fsp3) is 1.00. The van der Waals surface area contributed by atoms with Crippen LogP contribution in [0.15, 0.2) is 0 Å². The van der Waals surface area contributed by atoms with E-state index in [0.717, 1.165) is 6.42 Å². The summed E-state index contributed by atoms with van der Waals surface area (Å²) in [6.07, 6.45) is 1.13. The maximum absolute atomic E-state index is 5.70. The van der Waals surface area contributed by atoms with E-state index in [1.54, 1.807) is 0 Å². The highest BCUT2D eigenvalue weighted by molar-refractivity contribution is 4.70. The first kappa shape index (κ1) is 9.96. The zero-order chi connectivity index (χ0) is 8.97. The molecule has 1 unspecified atom stereocenters. The van der Waals surface area contributed by atoms with Gasteiger partial charge in [0, 0.05) is 32.2 Å². The summed E-state index contributed by atoms with van der Waals surface area (Å²) < 4.78 is 0. The van der Waals surface area contributed by atoms with Crippen LogP contribution in [0.5, 0.6) is 0 Å². The fourth-order valence-corrected chi connectivity index (χ4v) is 1.46. The third kappa shape index (κ3) is 3.52. The molecule has 1 aliphatic rings. The van der Waals surface area contributed by atoms with Gasteiger partial charge in [-0.2, -0.15) is 0 Å². The SMILES string of the molecule is CC(N)CCN1CCN(C)CC1. The van der Waals surface area contributed by atoms with Gasteiger partial charge in [0.25, 0.3) is 0 Å². The smallest absolute Gasteiger partial charge is 0.0110 e. The molecule has 12 heavy (non-hydrogen) atoms. The van der Waals surface area contributed by atoms with Gasteiger partial charge in [-0.25, -0.2) is 0 Å². The Bertz CT molecular complexity index is 117. The van der Waals surface area contributed by atoms with Gasteiger partial charge in [-0.1, -0.05) is 0 Å². The van der Waals surface area contributed by atoms with Crippen molar-refractivity contribution in [3.63, 3.8) is 0 Å². The van der Waals surface area contributed by atoms with Gasteiger partial charge in [-0.05, 0) is 26.9 Å². The van der Waals surface area contributed by atoms with Crippen LogP contribution in [0.4, 0.5) is 0 Å². The Morgan fingerprint density at radius 2 is 1.83 bits per heavy atom. The summed E-state index contributed by atoms with van der Waals surface area (Å²) in [7, 11) is 2.18. The Morgan fingerprint density at radius 1 is 1.25 bits per heavy atom. The summed E-state index contributed by atoms with van der Waals surface area (Å²) in [6, 6.07) is 0.352. The molecule has 1 atom stereocenters. The summed E-state index contributed by atoms with van der Waals surface area (Å²) in [5, 5.41) is 0. The standard InChI is InChI=1S/C9H21N3/c1-9(10)3-4-12-7-5-11(2)6-8-12/h9H,3-8,10H2,1-2H3. The van der Waals surface area contributed by atoms with Crippen molar-refractivity contribution >= 4 is 0 Å². The van der Waals surface area contributed by atoms with Crippen LogP contribution >= 0.6 is 0 Å². The maximum Gasteiger partial charge on any atom is 0.0110 e. The first-order valence-corrected chi connectivity index (χ1v) is 4.85. The highest BCUT2D eigenvalue weighted by Gasteiger charge is 2.12. The average molecular weight is 171 g/mol. The monoisotopic (exact) mass is 171 g/mol. The van der Waals surface area contributed by atoms with E-state index in [9.17, 15) is 0 Å². The number of hydrogen-bond acceptors (Lipinski definition) is 3. The molecule has 0 amide bonds. The summed E-state index contributed by atoms with van der Waals surface area (Å²) in [5.74, 6) is 0. The Balaban J connectivity index is 2.09. The molecule has 0 saturated carbocycles. The van der Waals surface area contributed by atoms with Crippen molar-refractivity contribution in [3.05, 3.63) is 0 Å². The van der Waals surface area contributed by atoms with Crippen LogP contribution in [0.2, 0.25) is 0 Å². The van der Waals surface area contributed by atoms with Gasteiger partial charge < -0.3 is 15.5 Å². The second-order valence-electron chi connectivity index (χ2n) is 3.91. The molecule has 0 aromatic heterocycles. The molecule has 0 aliphatic carbocycles. The van der Waals surface area contributed by atoms with Crippen LogP contribution in [-0.2, 0) is 0 Å². The summed E-state index contributed by atoms with van der Waals surface area (Å²) in [4.78, 5) is 4.88. The maximum atomic E-state index is 5.70. The van der Waals surface area contributed by atoms with Crippen LogP contribution < -0.4 is 5.73 Å². The Labute approximate surface area is 75.5 Å². The van der Waals surface area contributed by atoms with Crippen molar-refractivity contribution in [2.24, 2.45) is 5.73 Å². The molecule has 0 bridgehead atoms. The van der Waals surface area contributed by atoms with E-state index in [1.807, 2.05) is 0 Å². The van der Waals surface area contributed by atoms with E-state index >= 15 is 0 Å². The highest BCUT2D eigenvalue weighted by Crippen LogP contribution is 2.00. The van der Waals surface area contributed by atoms with Crippen molar-refractivity contribution in [1.82, 2.24) is 9.80 Å². The number of nitrogens with zero attached hydrogens (tertiary/aromatic N) is 2. The second-order valence-corrected chi connectivity index (χ2v) is 3.91. The van der Waals surface area contributed by atoms with Gasteiger partial charge in [0.05, 0.1) is 0 Å². The minimum absolute atomic E-state index is 0.352. The van der Waals surface area contributed by atoms with E-state index in [4.69, 9.17) is 5.73 Å². The number of rotatable bonds is 3. The van der Waals surface area contributed by atoms with Crippen molar-refractivity contribution < 1.29 is 0 Å². The van der Waals surface area contributed by atoms with Crippen LogP contribution in [0, 0.1) is 0 Å². The largest absolute Gasteiger partial charge is 0.328 e. The van der Waals surface area contributed by atoms with Gasteiger partial charge in [-0.15, -0.1) is 0 Å². The third-order valence-corrected chi connectivity index (χ3v) is 2.50. The molecule has 1 saturated heterocycles. The molecule has 72 valence electrons. The zero-order valence-corrected chi connectivity index (χ0v) is 8.29. The molecule has 1 fully saturated rings. The van der Waals surface area contributed by atoms with Crippen LogP contribution in [0.1, 0.15) is 13.3 Å². The first-order chi connectivity index (χ1) is 5.68. The molecule has 0 spiro atoms. The van der Waals surface area contributed by atoms with Crippen LogP contribution in [-0.4, -0.2) is 55.6 Å².